The van der Waals surface area contributed by atoms with E-state index >= 15 is 0 Å². The number of fused-ring (bicyclic) bond motifs is 1. The largest absolute Gasteiger partial charge is 0.461 e. The highest BCUT2D eigenvalue weighted by Crippen LogP contribution is 2.26. The standard InChI is InChI=1S/C17H21N3O6/c21-17(14-7-6-13(19(22)23)10-16(14)20(24)25)26-11-12-4-3-9-18-8-2-1-5-15(12)18/h6-7,10,12,15H,1-5,8-9,11H2/p+1/t12-,15+/m1/s1. The number of carbonyl (C=O) groups excluding carboxylic acids is 1. The van der Waals surface area contributed by atoms with Gasteiger partial charge in [-0.25, -0.2) is 4.79 Å². The van der Waals surface area contributed by atoms with Gasteiger partial charge in [0.15, 0.2) is 0 Å². The van der Waals surface area contributed by atoms with E-state index in [-0.39, 0.29) is 18.1 Å². The first-order valence-electron chi connectivity index (χ1n) is 8.92. The molecule has 3 rings (SSSR count). The van der Waals surface area contributed by atoms with Gasteiger partial charge in [-0.1, -0.05) is 0 Å². The van der Waals surface area contributed by atoms with E-state index in [4.69, 9.17) is 4.74 Å². The number of hydrogen-bond donors (Lipinski definition) is 1. The van der Waals surface area contributed by atoms with E-state index in [1.54, 1.807) is 4.90 Å². The Bertz CT molecular complexity index is 720. The average molecular weight is 364 g/mol. The number of quaternary nitrogens is 1. The van der Waals surface area contributed by atoms with E-state index < -0.39 is 27.2 Å². The van der Waals surface area contributed by atoms with Crippen LogP contribution in [0.25, 0.3) is 0 Å². The van der Waals surface area contributed by atoms with Gasteiger partial charge in [-0.2, -0.15) is 0 Å². The minimum Gasteiger partial charge on any atom is -0.461 e. The molecule has 2 heterocycles. The summed E-state index contributed by atoms with van der Waals surface area (Å²) in [6.07, 6.45) is 5.62. The normalized spacial score (nSPS) is 25.2. The molecule has 2 aliphatic rings. The first kappa shape index (κ1) is 18.2. The minimum atomic E-state index is -0.797. The molecule has 1 unspecified atom stereocenters. The molecule has 9 heteroatoms. The third-order valence-corrected chi connectivity index (χ3v) is 5.47. The van der Waals surface area contributed by atoms with Gasteiger partial charge in [0.1, 0.15) is 12.2 Å². The van der Waals surface area contributed by atoms with Gasteiger partial charge in [0.2, 0.25) is 0 Å². The summed E-state index contributed by atoms with van der Waals surface area (Å²) >= 11 is 0. The van der Waals surface area contributed by atoms with Crippen LogP contribution in [-0.4, -0.2) is 41.6 Å². The summed E-state index contributed by atoms with van der Waals surface area (Å²) in [5.41, 5.74) is -1.27. The highest BCUT2D eigenvalue weighted by molar-refractivity contribution is 5.94. The second kappa shape index (κ2) is 7.77. The first-order valence-corrected chi connectivity index (χ1v) is 8.92. The summed E-state index contributed by atoms with van der Waals surface area (Å²) in [5, 5.41) is 22.0. The Kier molecular flexibility index (Phi) is 5.46. The lowest BCUT2D eigenvalue weighted by molar-refractivity contribution is -0.940. The van der Waals surface area contributed by atoms with Crippen LogP contribution in [0.2, 0.25) is 0 Å². The molecule has 0 saturated carbocycles. The number of esters is 1. The number of nitrogens with one attached hydrogen (secondary N) is 1. The molecule has 1 aromatic rings. The Morgan fingerprint density at radius 1 is 1.12 bits per heavy atom. The lowest BCUT2D eigenvalue weighted by Gasteiger charge is -2.40. The molecule has 1 N–H and O–H groups in total. The van der Waals surface area contributed by atoms with E-state index in [0.29, 0.717) is 6.04 Å². The highest BCUT2D eigenvalue weighted by atomic mass is 16.6. The Labute approximate surface area is 150 Å². The fraction of sp³-hybridized carbons (Fsp3) is 0.588. The molecule has 3 atom stereocenters. The maximum atomic E-state index is 12.4. The topological polar surface area (TPSA) is 117 Å². The van der Waals surface area contributed by atoms with Gasteiger partial charge in [-0.05, 0) is 38.2 Å². The fourth-order valence-corrected chi connectivity index (χ4v) is 4.19. The van der Waals surface area contributed by atoms with Gasteiger partial charge in [0.25, 0.3) is 11.4 Å². The van der Waals surface area contributed by atoms with Crippen molar-refractivity contribution in [1.29, 1.82) is 0 Å². The smallest absolute Gasteiger partial charge is 0.345 e. The van der Waals surface area contributed by atoms with Crippen molar-refractivity contribution in [2.24, 2.45) is 5.92 Å². The number of non-ortho nitro benzene ring substituents is 1. The lowest BCUT2D eigenvalue weighted by Crippen LogP contribution is -3.18. The minimum absolute atomic E-state index is 0.237. The van der Waals surface area contributed by atoms with Crippen LogP contribution < -0.4 is 4.90 Å². The SMILES string of the molecule is O=C(OC[C@H]1CCC[NH+]2CCCC[C@@H]12)c1ccc([N+](=O)[O-])cc1[N+](=O)[O-]. The molecular weight excluding hydrogens is 342 g/mol. The van der Waals surface area contributed by atoms with Gasteiger partial charge >= 0.3 is 5.97 Å². The molecule has 2 fully saturated rings. The van der Waals surface area contributed by atoms with Crippen LogP contribution in [0, 0.1) is 26.1 Å². The number of carbonyl (C=O) groups is 1. The predicted octanol–water partition coefficient (Wildman–Crippen LogP) is 1.51. The maximum Gasteiger partial charge on any atom is 0.345 e. The number of piperidine rings is 2. The number of nitrogens with zero attached hydrogens (tertiary/aromatic N) is 2. The molecule has 2 saturated heterocycles. The molecule has 140 valence electrons. The molecule has 0 bridgehead atoms. The predicted molar refractivity (Wildman–Crippen MR) is 91.1 cm³/mol. The average Bonchev–Trinajstić information content (AvgIpc) is 2.65. The van der Waals surface area contributed by atoms with Crippen molar-refractivity contribution in [2.45, 2.75) is 38.1 Å². The number of nitro groups is 2. The number of nitro benzene ring substituents is 2. The molecule has 0 spiro atoms. The van der Waals surface area contributed by atoms with E-state index in [1.165, 1.54) is 12.8 Å². The van der Waals surface area contributed by atoms with Gasteiger partial charge in [-0.3, -0.25) is 20.2 Å². The highest BCUT2D eigenvalue weighted by Gasteiger charge is 2.37. The second-order valence-electron chi connectivity index (χ2n) is 6.98. The Balaban J connectivity index is 1.70. The molecule has 0 aromatic heterocycles. The van der Waals surface area contributed by atoms with Gasteiger partial charge in [0.05, 0.1) is 35.0 Å². The van der Waals surface area contributed by atoms with Crippen LogP contribution in [0.4, 0.5) is 11.4 Å². The molecule has 0 radical (unpaired) electrons. The van der Waals surface area contributed by atoms with Crippen LogP contribution in [0.15, 0.2) is 18.2 Å². The third kappa shape index (κ3) is 3.82. The van der Waals surface area contributed by atoms with Crippen molar-refractivity contribution in [2.75, 3.05) is 19.7 Å². The molecule has 26 heavy (non-hydrogen) atoms. The Morgan fingerprint density at radius 3 is 2.62 bits per heavy atom. The summed E-state index contributed by atoms with van der Waals surface area (Å²) in [5.74, 6) is -0.533. The third-order valence-electron chi connectivity index (χ3n) is 5.47. The molecule has 0 amide bonds. The van der Waals surface area contributed by atoms with Crippen molar-refractivity contribution in [1.82, 2.24) is 0 Å². The van der Waals surface area contributed by atoms with Crippen LogP contribution in [-0.2, 0) is 4.74 Å². The summed E-state index contributed by atoms with van der Waals surface area (Å²) in [6, 6.07) is 3.45. The first-order chi connectivity index (χ1) is 12.5. The summed E-state index contributed by atoms with van der Waals surface area (Å²) in [7, 11) is 0. The van der Waals surface area contributed by atoms with E-state index in [0.717, 1.165) is 50.6 Å². The van der Waals surface area contributed by atoms with Crippen molar-refractivity contribution in [3.8, 4) is 0 Å². The Morgan fingerprint density at radius 2 is 1.88 bits per heavy atom. The zero-order valence-corrected chi connectivity index (χ0v) is 14.4. The molecular formula is C17H22N3O6+. The molecule has 1 aromatic carbocycles. The maximum absolute atomic E-state index is 12.4. The molecule has 0 aliphatic carbocycles. The van der Waals surface area contributed by atoms with Gasteiger partial charge in [0, 0.05) is 12.0 Å². The fourth-order valence-electron chi connectivity index (χ4n) is 4.19. The zero-order valence-electron chi connectivity index (χ0n) is 14.4. The number of rotatable bonds is 5. The number of benzene rings is 1. The van der Waals surface area contributed by atoms with E-state index in [9.17, 15) is 25.0 Å². The van der Waals surface area contributed by atoms with Crippen LogP contribution in [0.1, 0.15) is 42.5 Å². The number of ether oxygens (including phenoxy) is 1. The monoisotopic (exact) mass is 364 g/mol. The molecule has 9 nitrogen and oxygen atoms in total. The summed E-state index contributed by atoms with van der Waals surface area (Å²) < 4.78 is 5.38. The van der Waals surface area contributed by atoms with Crippen molar-refractivity contribution in [3.05, 3.63) is 44.0 Å². The van der Waals surface area contributed by atoms with Crippen LogP contribution >= 0.6 is 0 Å². The van der Waals surface area contributed by atoms with Gasteiger partial charge in [-0.15, -0.1) is 0 Å². The van der Waals surface area contributed by atoms with Crippen molar-refractivity contribution >= 4 is 17.3 Å². The number of hydrogen-bond acceptors (Lipinski definition) is 6. The van der Waals surface area contributed by atoms with Crippen LogP contribution in [0.5, 0.6) is 0 Å². The zero-order chi connectivity index (χ0) is 18.7. The van der Waals surface area contributed by atoms with E-state index in [2.05, 4.69) is 0 Å². The summed E-state index contributed by atoms with van der Waals surface area (Å²) in [4.78, 5) is 34.4. The second-order valence-corrected chi connectivity index (χ2v) is 6.98. The van der Waals surface area contributed by atoms with E-state index in [1.807, 2.05) is 0 Å². The van der Waals surface area contributed by atoms with Crippen molar-refractivity contribution < 1.29 is 24.3 Å². The lowest BCUT2D eigenvalue weighted by atomic mass is 9.84. The van der Waals surface area contributed by atoms with Crippen molar-refractivity contribution in [3.63, 3.8) is 0 Å². The quantitative estimate of drug-likeness (QED) is 0.481. The Hall–Kier alpha value is -2.55. The van der Waals surface area contributed by atoms with Gasteiger partial charge < -0.3 is 9.64 Å². The summed E-state index contributed by atoms with van der Waals surface area (Å²) in [6.45, 7) is 2.55. The molecule has 2 aliphatic heterocycles. The van der Waals surface area contributed by atoms with Crippen LogP contribution in [0.3, 0.4) is 0 Å².